The van der Waals surface area contributed by atoms with Crippen molar-refractivity contribution in [2.24, 2.45) is 7.05 Å². The predicted molar refractivity (Wildman–Crippen MR) is 72.2 cm³/mol. The monoisotopic (exact) mass is 273 g/mol. The van der Waals surface area contributed by atoms with Crippen molar-refractivity contribution in [3.63, 3.8) is 0 Å². The molecule has 0 aliphatic rings. The maximum absolute atomic E-state index is 14.0. The number of hydrogen-bond acceptors (Lipinski definition) is 2. The second kappa shape index (κ2) is 4.19. The highest BCUT2D eigenvalue weighted by Gasteiger charge is 2.22. The van der Waals surface area contributed by atoms with Crippen molar-refractivity contribution in [3.05, 3.63) is 41.5 Å². The van der Waals surface area contributed by atoms with Gasteiger partial charge in [0.1, 0.15) is 11.4 Å². The minimum Gasteiger partial charge on any atom is -0.478 e. The number of benzene rings is 1. The fourth-order valence-electron chi connectivity index (χ4n) is 2.54. The van der Waals surface area contributed by atoms with Gasteiger partial charge in [0, 0.05) is 23.7 Å². The lowest BCUT2D eigenvalue weighted by atomic mass is 10.0. The van der Waals surface area contributed by atoms with Crippen molar-refractivity contribution >= 4 is 16.9 Å². The quantitative estimate of drug-likeness (QED) is 0.754. The second-order valence-corrected chi connectivity index (χ2v) is 4.62. The number of H-pyrrole nitrogens is 1. The number of halogens is 1. The van der Waals surface area contributed by atoms with E-state index in [9.17, 15) is 14.3 Å². The maximum atomic E-state index is 14.0. The maximum Gasteiger partial charge on any atom is 0.339 e. The molecule has 0 saturated heterocycles. The predicted octanol–water partition coefficient (Wildman–Crippen LogP) is 2.71. The summed E-state index contributed by atoms with van der Waals surface area (Å²) in [7, 11) is 1.75. The summed E-state index contributed by atoms with van der Waals surface area (Å²) in [5.74, 6) is -1.41. The normalized spacial score (nSPS) is 11.2. The highest BCUT2D eigenvalue weighted by Crippen LogP contribution is 2.35. The Hall–Kier alpha value is -2.63. The molecule has 0 unspecified atom stereocenters. The van der Waals surface area contributed by atoms with Crippen LogP contribution in [0.3, 0.4) is 0 Å². The fraction of sp³-hybridized carbons (Fsp3) is 0.143. The summed E-state index contributed by atoms with van der Waals surface area (Å²) < 4.78 is 15.7. The standard InChI is InChI=1S/C14H12FN3O2/c1-7-11(12-9(14(19)20)6-16-17-12)8-4-3-5-10(15)13(8)18(7)2/h3-6H,1-2H3,(H,16,17)(H,19,20). The lowest BCUT2D eigenvalue weighted by Gasteiger charge is -2.01. The van der Waals surface area contributed by atoms with Gasteiger partial charge >= 0.3 is 5.97 Å². The first-order chi connectivity index (χ1) is 9.52. The molecule has 0 aliphatic heterocycles. The lowest BCUT2D eigenvalue weighted by Crippen LogP contribution is -1.98. The zero-order valence-corrected chi connectivity index (χ0v) is 10.9. The second-order valence-electron chi connectivity index (χ2n) is 4.62. The average molecular weight is 273 g/mol. The topological polar surface area (TPSA) is 70.9 Å². The van der Waals surface area contributed by atoms with E-state index in [1.807, 2.05) is 6.92 Å². The molecule has 1 aromatic carbocycles. The highest BCUT2D eigenvalue weighted by atomic mass is 19.1. The van der Waals surface area contributed by atoms with Gasteiger partial charge in [-0.3, -0.25) is 5.10 Å². The van der Waals surface area contributed by atoms with E-state index in [2.05, 4.69) is 10.2 Å². The molecule has 0 radical (unpaired) electrons. The molecule has 0 fully saturated rings. The number of nitrogens with one attached hydrogen (secondary N) is 1. The van der Waals surface area contributed by atoms with Gasteiger partial charge in [0.25, 0.3) is 0 Å². The molecule has 0 bridgehead atoms. The van der Waals surface area contributed by atoms with Gasteiger partial charge in [0.15, 0.2) is 0 Å². The van der Waals surface area contributed by atoms with Crippen LogP contribution in [-0.2, 0) is 7.05 Å². The summed E-state index contributed by atoms with van der Waals surface area (Å²) in [4.78, 5) is 11.2. The number of carboxylic acids is 1. The highest BCUT2D eigenvalue weighted by molar-refractivity contribution is 6.03. The number of para-hydroxylation sites is 1. The third-order valence-electron chi connectivity index (χ3n) is 3.58. The third-order valence-corrected chi connectivity index (χ3v) is 3.58. The number of aryl methyl sites for hydroxylation is 1. The van der Waals surface area contributed by atoms with E-state index in [-0.39, 0.29) is 11.4 Å². The SMILES string of the molecule is Cc1c(-c2[nH]ncc2C(=O)O)c2cccc(F)c2n1C. The number of aromatic carboxylic acids is 1. The van der Waals surface area contributed by atoms with Gasteiger partial charge in [0.2, 0.25) is 0 Å². The molecule has 0 amide bonds. The van der Waals surface area contributed by atoms with E-state index in [1.54, 1.807) is 23.7 Å². The summed E-state index contributed by atoms with van der Waals surface area (Å²) in [6.45, 7) is 1.82. The van der Waals surface area contributed by atoms with Gasteiger partial charge in [-0.15, -0.1) is 0 Å². The molecule has 2 N–H and O–H groups in total. The number of carbonyl (C=O) groups is 1. The Labute approximate surface area is 113 Å². The van der Waals surface area contributed by atoms with E-state index < -0.39 is 5.97 Å². The summed E-state index contributed by atoms with van der Waals surface area (Å²) in [6.07, 6.45) is 1.26. The van der Waals surface area contributed by atoms with Crippen LogP contribution in [0.15, 0.2) is 24.4 Å². The molecular formula is C14H12FN3O2. The summed E-state index contributed by atoms with van der Waals surface area (Å²) in [5, 5.41) is 16.4. The number of fused-ring (bicyclic) bond motifs is 1. The first-order valence-corrected chi connectivity index (χ1v) is 6.03. The van der Waals surface area contributed by atoms with Crippen LogP contribution < -0.4 is 0 Å². The number of aromatic amines is 1. The van der Waals surface area contributed by atoms with Crippen molar-refractivity contribution in [2.75, 3.05) is 0 Å². The molecule has 3 aromatic rings. The molecule has 2 heterocycles. The zero-order valence-electron chi connectivity index (χ0n) is 10.9. The number of nitrogens with zero attached hydrogens (tertiary/aromatic N) is 2. The Morgan fingerprint density at radius 1 is 1.45 bits per heavy atom. The molecule has 6 heteroatoms. The Kier molecular flexibility index (Phi) is 2.60. The molecule has 3 rings (SSSR count). The molecule has 0 aliphatic carbocycles. The number of carboxylic acid groups (broad SMARTS) is 1. The van der Waals surface area contributed by atoms with Crippen LogP contribution in [0, 0.1) is 12.7 Å². The largest absolute Gasteiger partial charge is 0.478 e. The molecule has 5 nitrogen and oxygen atoms in total. The van der Waals surface area contributed by atoms with Gasteiger partial charge in [-0.2, -0.15) is 5.10 Å². The van der Waals surface area contributed by atoms with Crippen molar-refractivity contribution in [2.45, 2.75) is 6.92 Å². The summed E-state index contributed by atoms with van der Waals surface area (Å²) in [6, 6.07) is 4.77. The van der Waals surface area contributed by atoms with E-state index in [0.29, 0.717) is 22.2 Å². The Balaban J connectivity index is 2.43. The van der Waals surface area contributed by atoms with Crippen LogP contribution in [0.1, 0.15) is 16.1 Å². The molecule has 102 valence electrons. The Bertz CT molecular complexity index is 832. The van der Waals surface area contributed by atoms with Gasteiger partial charge in [-0.1, -0.05) is 12.1 Å². The van der Waals surface area contributed by atoms with Crippen molar-refractivity contribution < 1.29 is 14.3 Å². The molecule has 2 aromatic heterocycles. The van der Waals surface area contributed by atoms with E-state index >= 15 is 0 Å². The van der Waals surface area contributed by atoms with Crippen LogP contribution >= 0.6 is 0 Å². The van der Waals surface area contributed by atoms with Crippen LogP contribution in [0.5, 0.6) is 0 Å². The molecule has 0 atom stereocenters. The van der Waals surface area contributed by atoms with Gasteiger partial charge in [-0.25, -0.2) is 9.18 Å². The molecule has 20 heavy (non-hydrogen) atoms. The first-order valence-electron chi connectivity index (χ1n) is 6.03. The van der Waals surface area contributed by atoms with E-state index in [0.717, 1.165) is 5.69 Å². The Morgan fingerprint density at radius 2 is 2.20 bits per heavy atom. The van der Waals surface area contributed by atoms with E-state index in [4.69, 9.17) is 0 Å². The van der Waals surface area contributed by atoms with Gasteiger partial charge in [-0.05, 0) is 13.0 Å². The smallest absolute Gasteiger partial charge is 0.339 e. The first kappa shape index (κ1) is 12.4. The van der Waals surface area contributed by atoms with Crippen LogP contribution in [0.25, 0.3) is 22.2 Å². The fourth-order valence-corrected chi connectivity index (χ4v) is 2.54. The van der Waals surface area contributed by atoms with Gasteiger partial charge in [0.05, 0.1) is 17.4 Å². The van der Waals surface area contributed by atoms with Crippen LogP contribution in [0.2, 0.25) is 0 Å². The number of hydrogen-bond donors (Lipinski definition) is 2. The van der Waals surface area contributed by atoms with Crippen LogP contribution in [-0.4, -0.2) is 25.8 Å². The molecular weight excluding hydrogens is 261 g/mol. The Morgan fingerprint density at radius 3 is 2.90 bits per heavy atom. The average Bonchev–Trinajstić information content (AvgIpc) is 2.95. The van der Waals surface area contributed by atoms with Crippen molar-refractivity contribution in [3.8, 4) is 11.3 Å². The lowest BCUT2D eigenvalue weighted by molar-refractivity contribution is 0.0698. The van der Waals surface area contributed by atoms with Crippen LogP contribution in [0.4, 0.5) is 4.39 Å². The zero-order chi connectivity index (χ0) is 14.4. The number of rotatable bonds is 2. The van der Waals surface area contributed by atoms with Crippen molar-refractivity contribution in [1.29, 1.82) is 0 Å². The third kappa shape index (κ3) is 1.54. The minimum atomic E-state index is -1.07. The summed E-state index contributed by atoms with van der Waals surface area (Å²) >= 11 is 0. The van der Waals surface area contributed by atoms with Gasteiger partial charge < -0.3 is 9.67 Å². The van der Waals surface area contributed by atoms with E-state index in [1.165, 1.54) is 12.3 Å². The minimum absolute atomic E-state index is 0.0739. The molecule has 0 spiro atoms. The van der Waals surface area contributed by atoms with Crippen molar-refractivity contribution in [1.82, 2.24) is 14.8 Å². The summed E-state index contributed by atoms with van der Waals surface area (Å²) in [5.41, 5.74) is 2.36. The molecule has 0 saturated carbocycles. The number of aromatic nitrogens is 3.